The number of halogens is 2. The molecule has 2 nitrogen and oxygen atoms in total. The Balaban J connectivity index is 0.000000375. The van der Waals surface area contributed by atoms with Gasteiger partial charge in [0.25, 0.3) is 0 Å². The molecule has 1 aliphatic heterocycles. The Hall–Kier alpha value is -2.29. The van der Waals surface area contributed by atoms with Crippen LogP contribution in [0, 0.1) is 31.8 Å². The minimum atomic E-state index is -1.61. The average molecular weight is 743 g/mol. The van der Waals surface area contributed by atoms with Gasteiger partial charge in [0, 0.05) is 24.0 Å². The van der Waals surface area contributed by atoms with Crippen molar-refractivity contribution < 1.29 is 13.5 Å². The average Bonchev–Trinajstić information content (AvgIpc) is 3.46. The Kier molecular flexibility index (Phi) is 14.1. The molecule has 6 rings (SSSR count). The van der Waals surface area contributed by atoms with Crippen LogP contribution < -0.4 is 0 Å². The summed E-state index contributed by atoms with van der Waals surface area (Å²) in [4.78, 5) is 5.38. The molecule has 0 bridgehead atoms. The van der Waals surface area contributed by atoms with Gasteiger partial charge in [0.15, 0.2) is 0 Å². The summed E-state index contributed by atoms with van der Waals surface area (Å²) in [5, 5.41) is 0. The van der Waals surface area contributed by atoms with Crippen LogP contribution in [-0.2, 0) is 13.5 Å². The Labute approximate surface area is 292 Å². The number of rotatable bonds is 7. The van der Waals surface area contributed by atoms with Gasteiger partial charge in [-0.2, -0.15) is 6.67 Å². The molecule has 248 valence electrons. The molecule has 0 amide bonds. The normalized spacial score (nSPS) is 23.2. The van der Waals surface area contributed by atoms with Crippen LogP contribution >= 0.6 is 19.4 Å². The Morgan fingerprint density at radius 3 is 1.98 bits per heavy atom. The molecule has 1 fully saturated rings. The van der Waals surface area contributed by atoms with Crippen molar-refractivity contribution in [2.45, 2.75) is 71.5 Å². The maximum absolute atomic E-state index is 5.67. The summed E-state index contributed by atoms with van der Waals surface area (Å²) in [7, 11) is 11.3. The standard InChI is InChI=1S/C33H41N2.C7H6.CH3.2ClH.Ru/c1-24(2)28-19-11-13-21-30(28)34-23-35(31-22-14-12-20-29(31)25(3)4)33(27-17-9-6-10-18-27)32(34)26-15-7-5-8-16-26;1-7-5-3-2-4-6-7;;;;/h5-11,13,15-18,20-21,23-25,28,31-33H,12,14,19,22H2,1-4H3;1-6H;1H3;2*1H;/q-1;;-1;;;+2/p-2/t28?,31-,32-,33-;;;;;/m1...../s1. The molecule has 0 radical (unpaired) electrons. The molecule has 0 N–H and O–H groups in total. The van der Waals surface area contributed by atoms with Crippen LogP contribution in [0.2, 0.25) is 0 Å². The first-order valence-corrected chi connectivity index (χ1v) is 21.8. The van der Waals surface area contributed by atoms with Gasteiger partial charge in [0.2, 0.25) is 0 Å². The SMILES string of the molecule is CC(C)C1=CCCC[C@H]1N1[CH-]N(C2=CC=CCC2C(C)C)[C@H](c2ccccc2)[C@H]1c1ccccc1.[CH3-].[Cl][Ru]([Cl])=[CH]c1ccccc1. The second kappa shape index (κ2) is 17.7. The summed E-state index contributed by atoms with van der Waals surface area (Å²) < 4.78 is 1.92. The molecular formula is C41H50Cl2N2Ru-2. The molecule has 0 spiro atoms. The molecule has 5 heteroatoms. The van der Waals surface area contributed by atoms with Crippen LogP contribution in [0.15, 0.2) is 127 Å². The van der Waals surface area contributed by atoms with Gasteiger partial charge in [-0.3, -0.25) is 0 Å². The summed E-state index contributed by atoms with van der Waals surface area (Å²) in [5.74, 6) is 1.70. The molecule has 3 aromatic rings. The molecule has 0 aromatic heterocycles. The van der Waals surface area contributed by atoms with E-state index in [-0.39, 0.29) is 19.5 Å². The van der Waals surface area contributed by atoms with Crippen LogP contribution in [-0.4, -0.2) is 20.5 Å². The third kappa shape index (κ3) is 8.99. The van der Waals surface area contributed by atoms with E-state index in [1.165, 1.54) is 36.1 Å². The summed E-state index contributed by atoms with van der Waals surface area (Å²) in [6, 6.07) is 33.3. The topological polar surface area (TPSA) is 6.48 Å². The van der Waals surface area contributed by atoms with Gasteiger partial charge in [-0.1, -0.05) is 112 Å². The van der Waals surface area contributed by atoms with Gasteiger partial charge < -0.3 is 17.2 Å². The fraction of sp³-hybridized carbons (Fsp3) is 0.341. The third-order valence-electron chi connectivity index (χ3n) is 9.20. The van der Waals surface area contributed by atoms with Crippen LogP contribution in [0.1, 0.15) is 82.2 Å². The van der Waals surface area contributed by atoms with Gasteiger partial charge in [-0.25, -0.2) is 0 Å². The van der Waals surface area contributed by atoms with E-state index in [0.29, 0.717) is 23.8 Å². The van der Waals surface area contributed by atoms with Gasteiger partial charge in [0.1, 0.15) is 0 Å². The summed E-state index contributed by atoms with van der Waals surface area (Å²) >= 11 is -1.61. The van der Waals surface area contributed by atoms with E-state index in [1.807, 2.05) is 34.9 Å². The fourth-order valence-electron chi connectivity index (χ4n) is 7.06. The van der Waals surface area contributed by atoms with Crippen LogP contribution in [0.3, 0.4) is 0 Å². The van der Waals surface area contributed by atoms with Gasteiger partial charge in [0.05, 0.1) is 0 Å². The number of nitrogens with zero attached hydrogens (tertiary/aromatic N) is 2. The van der Waals surface area contributed by atoms with E-state index in [1.54, 1.807) is 5.57 Å². The quantitative estimate of drug-likeness (QED) is 0.135. The van der Waals surface area contributed by atoms with Crippen LogP contribution in [0.25, 0.3) is 0 Å². The first-order valence-electron chi connectivity index (χ1n) is 16.3. The van der Waals surface area contributed by atoms with Crippen molar-refractivity contribution in [3.8, 4) is 0 Å². The number of hydrogen-bond donors (Lipinski definition) is 0. The van der Waals surface area contributed by atoms with E-state index >= 15 is 0 Å². The molecule has 3 aliphatic rings. The van der Waals surface area contributed by atoms with Crippen molar-refractivity contribution in [1.29, 1.82) is 0 Å². The summed E-state index contributed by atoms with van der Waals surface area (Å²) in [6.45, 7) is 12.0. The van der Waals surface area contributed by atoms with E-state index in [2.05, 4.69) is 129 Å². The van der Waals surface area contributed by atoms with Crippen molar-refractivity contribution in [2.75, 3.05) is 0 Å². The summed E-state index contributed by atoms with van der Waals surface area (Å²) in [6.07, 6.45) is 14.4. The number of allylic oxidation sites excluding steroid dienone is 5. The molecule has 1 heterocycles. The van der Waals surface area contributed by atoms with Gasteiger partial charge in [-0.05, 0) is 60.4 Å². The Morgan fingerprint density at radius 1 is 0.826 bits per heavy atom. The zero-order valence-corrected chi connectivity index (χ0v) is 31.2. The van der Waals surface area contributed by atoms with Crippen molar-refractivity contribution in [2.24, 2.45) is 17.8 Å². The van der Waals surface area contributed by atoms with Crippen molar-refractivity contribution in [3.63, 3.8) is 0 Å². The molecule has 2 aliphatic carbocycles. The van der Waals surface area contributed by atoms with Gasteiger partial charge in [-0.15, -0.1) is 0 Å². The molecule has 1 unspecified atom stereocenters. The Bertz CT molecular complexity index is 1480. The summed E-state index contributed by atoms with van der Waals surface area (Å²) in [5.41, 5.74) is 6.99. The molecule has 4 atom stereocenters. The molecular weight excluding hydrogens is 692 g/mol. The second-order valence-electron chi connectivity index (χ2n) is 12.8. The van der Waals surface area contributed by atoms with Crippen LogP contribution in [0.4, 0.5) is 0 Å². The monoisotopic (exact) mass is 742 g/mol. The predicted octanol–water partition coefficient (Wildman–Crippen LogP) is 11.7. The zero-order chi connectivity index (χ0) is 31.8. The van der Waals surface area contributed by atoms with E-state index in [0.717, 1.165) is 12.0 Å². The van der Waals surface area contributed by atoms with Crippen molar-refractivity contribution in [3.05, 3.63) is 157 Å². The number of hydrogen-bond acceptors (Lipinski definition) is 2. The zero-order valence-electron chi connectivity index (χ0n) is 27.9. The van der Waals surface area contributed by atoms with E-state index in [4.69, 9.17) is 19.4 Å². The molecule has 1 saturated heterocycles. The first-order chi connectivity index (χ1) is 21.8. The minimum absolute atomic E-state index is 0. The van der Waals surface area contributed by atoms with E-state index < -0.39 is 13.5 Å². The number of benzene rings is 3. The van der Waals surface area contributed by atoms with E-state index in [9.17, 15) is 0 Å². The third-order valence-corrected chi connectivity index (χ3v) is 11.1. The first kappa shape index (κ1) is 36.5. The molecule has 46 heavy (non-hydrogen) atoms. The maximum atomic E-state index is 5.67. The molecule has 3 aromatic carbocycles. The Morgan fingerprint density at radius 2 is 1.41 bits per heavy atom. The predicted molar refractivity (Wildman–Crippen MR) is 197 cm³/mol. The van der Waals surface area contributed by atoms with Crippen molar-refractivity contribution in [1.82, 2.24) is 9.80 Å². The van der Waals surface area contributed by atoms with Gasteiger partial charge >= 0.3 is 73.4 Å². The van der Waals surface area contributed by atoms with Crippen molar-refractivity contribution >= 4 is 24.0 Å². The van der Waals surface area contributed by atoms with Crippen LogP contribution in [0.5, 0.6) is 0 Å². The fourth-order valence-corrected chi connectivity index (χ4v) is 8.89. The second-order valence-corrected chi connectivity index (χ2v) is 18.5. The molecule has 0 saturated carbocycles.